The van der Waals surface area contributed by atoms with Crippen LogP contribution >= 0.6 is 0 Å². The van der Waals surface area contributed by atoms with Gasteiger partial charge in [0.1, 0.15) is 6.10 Å². The summed E-state index contributed by atoms with van der Waals surface area (Å²) in [5, 5.41) is 12.0. The minimum Gasteiger partial charge on any atom is -0.456 e. The fourth-order valence-corrected chi connectivity index (χ4v) is 1.92. The number of hydrogen-bond acceptors (Lipinski definition) is 4. The molecular formula is C15H21NO4. The van der Waals surface area contributed by atoms with Crippen molar-refractivity contribution in [3.8, 4) is 0 Å². The highest BCUT2D eigenvalue weighted by Crippen LogP contribution is 2.11. The van der Waals surface area contributed by atoms with Crippen LogP contribution in [0, 0.1) is 0 Å². The third-order valence-corrected chi connectivity index (χ3v) is 2.88. The lowest BCUT2D eigenvalue weighted by Gasteiger charge is -2.26. The number of carbonyl (C=O) groups excluding carboxylic acids is 2. The molecule has 0 bridgehead atoms. The molecule has 0 spiro atoms. The van der Waals surface area contributed by atoms with Gasteiger partial charge in [-0.05, 0) is 18.6 Å². The summed E-state index contributed by atoms with van der Waals surface area (Å²) in [6.07, 6.45) is 0.814. The Hall–Kier alpha value is -1.88. The van der Waals surface area contributed by atoms with Gasteiger partial charge in [-0.3, -0.25) is 4.79 Å². The van der Waals surface area contributed by atoms with Gasteiger partial charge in [-0.15, -0.1) is 0 Å². The van der Waals surface area contributed by atoms with Gasteiger partial charge in [-0.2, -0.15) is 0 Å². The summed E-state index contributed by atoms with van der Waals surface area (Å²) in [7, 11) is 0. The molecule has 1 amide bonds. The molecule has 0 aromatic heterocycles. The lowest BCUT2D eigenvalue weighted by molar-refractivity contribution is -0.121. The fraction of sp³-hybridized carbons (Fsp3) is 0.467. The van der Waals surface area contributed by atoms with E-state index in [0.29, 0.717) is 12.0 Å². The van der Waals surface area contributed by atoms with E-state index in [1.54, 1.807) is 24.3 Å². The van der Waals surface area contributed by atoms with E-state index in [1.807, 2.05) is 13.0 Å². The molecule has 0 saturated carbocycles. The molecule has 0 aliphatic heterocycles. The van der Waals surface area contributed by atoms with Crippen molar-refractivity contribution in [3.63, 3.8) is 0 Å². The number of amides is 1. The van der Waals surface area contributed by atoms with Crippen LogP contribution in [-0.2, 0) is 9.53 Å². The largest absolute Gasteiger partial charge is 0.456 e. The van der Waals surface area contributed by atoms with Gasteiger partial charge in [0.05, 0.1) is 18.2 Å². The average Bonchev–Trinajstić information content (AvgIpc) is 2.45. The van der Waals surface area contributed by atoms with Gasteiger partial charge in [-0.25, -0.2) is 4.79 Å². The van der Waals surface area contributed by atoms with Gasteiger partial charge < -0.3 is 15.2 Å². The van der Waals surface area contributed by atoms with Crippen LogP contribution in [0.2, 0.25) is 0 Å². The zero-order valence-electron chi connectivity index (χ0n) is 11.8. The van der Waals surface area contributed by atoms with Gasteiger partial charge >= 0.3 is 5.97 Å². The molecule has 1 aromatic carbocycles. The molecule has 0 aliphatic rings. The lowest BCUT2D eigenvalue weighted by atomic mass is 10.1. The summed E-state index contributed by atoms with van der Waals surface area (Å²) < 4.78 is 5.42. The predicted molar refractivity (Wildman–Crippen MR) is 75.2 cm³/mol. The van der Waals surface area contributed by atoms with E-state index < -0.39 is 18.1 Å². The average molecular weight is 279 g/mol. The maximum absolute atomic E-state index is 12.0. The molecule has 0 fully saturated rings. The highest BCUT2D eigenvalue weighted by atomic mass is 16.5. The second-order valence-electron chi connectivity index (χ2n) is 4.59. The Bertz CT molecular complexity index is 433. The molecule has 5 heteroatoms. The van der Waals surface area contributed by atoms with Gasteiger partial charge in [-0.1, -0.05) is 31.5 Å². The van der Waals surface area contributed by atoms with Crippen molar-refractivity contribution >= 4 is 11.9 Å². The fourth-order valence-electron chi connectivity index (χ4n) is 1.92. The van der Waals surface area contributed by atoms with E-state index in [9.17, 15) is 14.7 Å². The maximum Gasteiger partial charge on any atom is 0.338 e. The summed E-state index contributed by atoms with van der Waals surface area (Å²) in [6.45, 7) is 3.04. The second-order valence-corrected chi connectivity index (χ2v) is 4.59. The molecule has 0 saturated heterocycles. The van der Waals surface area contributed by atoms with Gasteiger partial charge in [0.25, 0.3) is 0 Å². The Morgan fingerprint density at radius 2 is 1.95 bits per heavy atom. The number of aliphatic hydroxyl groups is 1. The molecule has 20 heavy (non-hydrogen) atoms. The predicted octanol–water partition coefficient (Wildman–Crippen LogP) is 1.51. The molecule has 0 heterocycles. The Morgan fingerprint density at radius 1 is 1.30 bits per heavy atom. The van der Waals surface area contributed by atoms with E-state index in [2.05, 4.69) is 5.32 Å². The van der Waals surface area contributed by atoms with Crippen LogP contribution in [0.3, 0.4) is 0 Å². The van der Waals surface area contributed by atoms with E-state index in [0.717, 1.165) is 6.42 Å². The third-order valence-electron chi connectivity index (χ3n) is 2.88. The Balaban J connectivity index is 2.75. The summed E-state index contributed by atoms with van der Waals surface area (Å²) in [5.74, 6) is -0.714. The number of aliphatic hydroxyl groups excluding tert-OH is 1. The van der Waals surface area contributed by atoms with Crippen LogP contribution in [0.15, 0.2) is 30.3 Å². The smallest absolute Gasteiger partial charge is 0.338 e. The first-order valence-corrected chi connectivity index (χ1v) is 6.72. The number of esters is 1. The first kappa shape index (κ1) is 16.2. The van der Waals surface area contributed by atoms with Crippen molar-refractivity contribution in [2.24, 2.45) is 0 Å². The standard InChI is InChI=1S/C15H21NO4/c1-3-7-14(13(10-17)16-11(2)18)20-15(19)12-8-5-4-6-9-12/h4-6,8-9,13-14,17H,3,7,10H2,1-2H3,(H,16,18)/t13-,14+/m0/s1. The number of rotatable bonds is 7. The van der Waals surface area contributed by atoms with Crippen LogP contribution < -0.4 is 5.32 Å². The minimum atomic E-state index is -0.583. The van der Waals surface area contributed by atoms with E-state index in [-0.39, 0.29) is 12.5 Å². The molecule has 110 valence electrons. The first-order valence-electron chi connectivity index (χ1n) is 6.72. The van der Waals surface area contributed by atoms with Crippen molar-refractivity contribution in [2.45, 2.75) is 38.8 Å². The van der Waals surface area contributed by atoms with Gasteiger partial charge in [0, 0.05) is 6.92 Å². The number of nitrogens with one attached hydrogen (secondary N) is 1. The highest BCUT2D eigenvalue weighted by molar-refractivity contribution is 5.89. The van der Waals surface area contributed by atoms with Crippen LogP contribution in [0.4, 0.5) is 0 Å². The van der Waals surface area contributed by atoms with Crippen LogP contribution in [0.1, 0.15) is 37.0 Å². The number of benzene rings is 1. The molecule has 0 unspecified atom stereocenters. The number of ether oxygens (including phenoxy) is 1. The summed E-state index contributed by atoms with van der Waals surface area (Å²) in [4.78, 5) is 23.1. The zero-order chi connectivity index (χ0) is 15.0. The van der Waals surface area contributed by atoms with E-state index in [4.69, 9.17) is 4.74 Å². The summed E-state index contributed by atoms with van der Waals surface area (Å²) in [6, 6.07) is 8.06. The molecule has 0 radical (unpaired) electrons. The topological polar surface area (TPSA) is 75.6 Å². The number of carbonyl (C=O) groups is 2. The summed E-state index contributed by atoms with van der Waals surface area (Å²) in [5.41, 5.74) is 0.452. The molecule has 1 rings (SSSR count). The van der Waals surface area contributed by atoms with Gasteiger partial charge in [0.2, 0.25) is 5.91 Å². The maximum atomic E-state index is 12.0. The Kier molecular flexibility index (Phi) is 6.73. The first-order chi connectivity index (χ1) is 9.58. The molecule has 5 nitrogen and oxygen atoms in total. The molecular weight excluding hydrogens is 258 g/mol. The monoisotopic (exact) mass is 279 g/mol. The lowest BCUT2D eigenvalue weighted by Crippen LogP contribution is -2.46. The highest BCUT2D eigenvalue weighted by Gasteiger charge is 2.25. The Labute approximate surface area is 118 Å². The van der Waals surface area contributed by atoms with Crippen LogP contribution in [-0.4, -0.2) is 35.7 Å². The zero-order valence-corrected chi connectivity index (χ0v) is 11.8. The molecule has 2 N–H and O–H groups in total. The minimum absolute atomic E-state index is 0.263. The van der Waals surface area contributed by atoms with Crippen molar-refractivity contribution in [1.29, 1.82) is 0 Å². The van der Waals surface area contributed by atoms with Crippen molar-refractivity contribution in [3.05, 3.63) is 35.9 Å². The van der Waals surface area contributed by atoms with Crippen LogP contribution in [0.25, 0.3) is 0 Å². The molecule has 0 aliphatic carbocycles. The van der Waals surface area contributed by atoms with Crippen molar-refractivity contribution < 1.29 is 19.4 Å². The van der Waals surface area contributed by atoms with Crippen molar-refractivity contribution in [1.82, 2.24) is 5.32 Å². The second kappa shape index (κ2) is 8.32. The normalized spacial score (nSPS) is 13.3. The van der Waals surface area contributed by atoms with Crippen LogP contribution in [0.5, 0.6) is 0 Å². The van der Waals surface area contributed by atoms with Gasteiger partial charge in [0.15, 0.2) is 0 Å². The number of hydrogen-bond donors (Lipinski definition) is 2. The summed E-state index contributed by atoms with van der Waals surface area (Å²) >= 11 is 0. The van der Waals surface area contributed by atoms with E-state index >= 15 is 0 Å². The third kappa shape index (κ3) is 5.01. The van der Waals surface area contributed by atoms with E-state index in [1.165, 1.54) is 6.92 Å². The molecule has 2 atom stereocenters. The van der Waals surface area contributed by atoms with Crippen molar-refractivity contribution in [2.75, 3.05) is 6.61 Å². The Morgan fingerprint density at radius 3 is 2.45 bits per heavy atom. The molecule has 1 aromatic rings. The quantitative estimate of drug-likeness (QED) is 0.742. The SMILES string of the molecule is CCC[C@@H](OC(=O)c1ccccc1)[C@H](CO)NC(C)=O.